The molecule has 1 saturated heterocycles. The van der Waals surface area contributed by atoms with E-state index in [1.807, 2.05) is 29.1 Å². The standard InChI is InChI=1S/C33H38F2N6O3S/c1-6-28(42)40-12-13-41-26(21(40)4)19-25(37-41)31-30(29-24(35)17-22(34)18-27(29)44-15-14-43-5)32-23(7-16-45-32)33(36-31)39-10-8-38(9-11-39)20(2)3/h6-7,16-21H,1,8-15H2,2-5H3. The highest BCUT2D eigenvalue weighted by Crippen LogP contribution is 2.47. The summed E-state index contributed by atoms with van der Waals surface area (Å²) in [6.07, 6.45) is 1.32. The Hall–Kier alpha value is -3.87. The number of benzene rings is 1. The SMILES string of the molecule is C=CC(=O)N1CCn2nc(-c3nc(N4CCN(C(C)C)CC4)c4ccsc4c3-c3c(F)cc(F)cc3OCCOC)cc2C1C. The Morgan fingerprint density at radius 1 is 1.11 bits per heavy atom. The molecular weight excluding hydrogens is 598 g/mol. The summed E-state index contributed by atoms with van der Waals surface area (Å²) in [5.74, 6) is -0.762. The maximum atomic E-state index is 16.0. The number of halogens is 2. The highest BCUT2D eigenvalue weighted by atomic mass is 32.1. The van der Waals surface area contributed by atoms with E-state index >= 15 is 4.39 Å². The minimum atomic E-state index is -0.751. The van der Waals surface area contributed by atoms with E-state index in [-0.39, 0.29) is 36.5 Å². The van der Waals surface area contributed by atoms with Gasteiger partial charge in [0.1, 0.15) is 41.2 Å². The molecule has 1 atom stereocenters. The van der Waals surface area contributed by atoms with Crippen LogP contribution >= 0.6 is 11.3 Å². The minimum absolute atomic E-state index is 0.0701. The van der Waals surface area contributed by atoms with E-state index in [1.165, 1.54) is 23.5 Å². The molecule has 0 N–H and O–H groups in total. The first-order chi connectivity index (χ1) is 21.7. The fourth-order valence-corrected chi connectivity index (χ4v) is 7.24. The maximum absolute atomic E-state index is 16.0. The van der Waals surface area contributed by atoms with Crippen molar-refractivity contribution in [2.24, 2.45) is 0 Å². The summed E-state index contributed by atoms with van der Waals surface area (Å²) in [7, 11) is 1.54. The predicted molar refractivity (Wildman–Crippen MR) is 173 cm³/mol. The highest BCUT2D eigenvalue weighted by molar-refractivity contribution is 7.18. The Kier molecular flexibility index (Phi) is 8.89. The second-order valence-corrected chi connectivity index (χ2v) is 12.5. The quantitative estimate of drug-likeness (QED) is 0.171. The first-order valence-electron chi connectivity index (χ1n) is 15.2. The molecule has 3 aromatic heterocycles. The molecule has 9 nitrogen and oxygen atoms in total. The van der Waals surface area contributed by atoms with Gasteiger partial charge in [-0.1, -0.05) is 6.58 Å². The number of fused-ring (bicyclic) bond motifs is 2. The number of carbonyl (C=O) groups is 1. The first-order valence-corrected chi connectivity index (χ1v) is 16.1. The number of methoxy groups -OCH3 is 1. The molecule has 5 heterocycles. The van der Waals surface area contributed by atoms with E-state index in [2.05, 4.69) is 30.2 Å². The lowest BCUT2D eigenvalue weighted by Gasteiger charge is -2.38. The van der Waals surface area contributed by atoms with Crippen LogP contribution in [-0.4, -0.2) is 89.6 Å². The highest BCUT2D eigenvalue weighted by Gasteiger charge is 2.32. The van der Waals surface area contributed by atoms with Crippen LogP contribution < -0.4 is 9.64 Å². The van der Waals surface area contributed by atoms with Crippen LogP contribution in [0, 0.1) is 11.6 Å². The third kappa shape index (κ3) is 5.82. The number of anilines is 1. The Morgan fingerprint density at radius 2 is 1.89 bits per heavy atom. The molecular formula is C33H38F2N6O3S. The minimum Gasteiger partial charge on any atom is -0.490 e. The number of rotatable bonds is 9. The molecule has 45 heavy (non-hydrogen) atoms. The topological polar surface area (TPSA) is 76.0 Å². The molecule has 0 spiro atoms. The van der Waals surface area contributed by atoms with Crippen LogP contribution in [0.5, 0.6) is 5.75 Å². The fourth-order valence-electron chi connectivity index (χ4n) is 6.29. The summed E-state index contributed by atoms with van der Waals surface area (Å²) in [4.78, 5) is 24.3. The van der Waals surface area contributed by atoms with Crippen LogP contribution in [0.1, 0.15) is 32.5 Å². The molecule has 1 fully saturated rings. The fraction of sp³-hybridized carbons (Fsp3) is 0.424. The van der Waals surface area contributed by atoms with E-state index < -0.39 is 11.6 Å². The Balaban J connectivity index is 1.56. The van der Waals surface area contributed by atoms with Crippen molar-refractivity contribution < 1.29 is 23.0 Å². The number of nitrogens with zero attached hydrogens (tertiary/aromatic N) is 6. The van der Waals surface area contributed by atoms with Gasteiger partial charge in [-0.25, -0.2) is 13.8 Å². The molecule has 1 aromatic carbocycles. The van der Waals surface area contributed by atoms with Gasteiger partial charge in [0.15, 0.2) is 0 Å². The zero-order chi connectivity index (χ0) is 31.8. The lowest BCUT2D eigenvalue weighted by molar-refractivity contribution is -0.129. The molecule has 238 valence electrons. The van der Waals surface area contributed by atoms with Gasteiger partial charge in [-0.2, -0.15) is 5.10 Å². The van der Waals surface area contributed by atoms with Crippen molar-refractivity contribution in [2.45, 2.75) is 39.4 Å². The van der Waals surface area contributed by atoms with Crippen LogP contribution in [-0.2, 0) is 16.1 Å². The number of amides is 1. The molecule has 2 aliphatic rings. The number of ether oxygens (including phenoxy) is 2. The number of carbonyl (C=O) groups excluding carboxylic acids is 1. The van der Waals surface area contributed by atoms with E-state index in [0.717, 1.165) is 53.8 Å². The summed E-state index contributed by atoms with van der Waals surface area (Å²) < 4.78 is 44.4. The maximum Gasteiger partial charge on any atom is 0.246 e. The number of pyridine rings is 1. The molecule has 0 radical (unpaired) electrons. The van der Waals surface area contributed by atoms with Crippen molar-refractivity contribution in [1.82, 2.24) is 24.6 Å². The molecule has 2 aliphatic heterocycles. The van der Waals surface area contributed by atoms with Crippen LogP contribution in [0.15, 0.2) is 42.3 Å². The van der Waals surface area contributed by atoms with Gasteiger partial charge in [-0.05, 0) is 44.4 Å². The average Bonchev–Trinajstić information content (AvgIpc) is 3.69. The normalized spacial score (nSPS) is 17.3. The Morgan fingerprint density at radius 3 is 2.60 bits per heavy atom. The molecule has 0 saturated carbocycles. The number of hydrogen-bond acceptors (Lipinski definition) is 8. The Labute approximate surface area is 265 Å². The van der Waals surface area contributed by atoms with Crippen LogP contribution in [0.2, 0.25) is 0 Å². The molecule has 6 rings (SSSR count). The smallest absolute Gasteiger partial charge is 0.246 e. The molecule has 0 bridgehead atoms. The van der Waals surface area contributed by atoms with Crippen LogP contribution in [0.25, 0.3) is 32.6 Å². The van der Waals surface area contributed by atoms with Gasteiger partial charge >= 0.3 is 0 Å². The molecule has 4 aromatic rings. The van der Waals surface area contributed by atoms with Gasteiger partial charge in [0.05, 0.1) is 30.5 Å². The molecule has 1 amide bonds. The van der Waals surface area contributed by atoms with Crippen molar-refractivity contribution in [3.8, 4) is 28.3 Å². The third-order valence-corrected chi connectivity index (χ3v) is 9.64. The average molecular weight is 637 g/mol. The van der Waals surface area contributed by atoms with Crippen molar-refractivity contribution in [2.75, 3.05) is 57.9 Å². The molecule has 0 aliphatic carbocycles. The zero-order valence-corrected chi connectivity index (χ0v) is 26.9. The zero-order valence-electron chi connectivity index (χ0n) is 26.1. The lowest BCUT2D eigenvalue weighted by atomic mass is 9.98. The van der Waals surface area contributed by atoms with Gasteiger partial charge in [-0.15, -0.1) is 11.3 Å². The van der Waals surface area contributed by atoms with Gasteiger partial charge in [-0.3, -0.25) is 14.4 Å². The van der Waals surface area contributed by atoms with E-state index in [1.54, 1.807) is 12.0 Å². The molecule has 12 heteroatoms. The second-order valence-electron chi connectivity index (χ2n) is 11.6. The van der Waals surface area contributed by atoms with E-state index in [9.17, 15) is 9.18 Å². The monoisotopic (exact) mass is 636 g/mol. The first kappa shape index (κ1) is 31.1. The van der Waals surface area contributed by atoms with Gasteiger partial charge in [0.25, 0.3) is 0 Å². The van der Waals surface area contributed by atoms with Gasteiger partial charge in [0, 0.05) is 73.7 Å². The van der Waals surface area contributed by atoms with Gasteiger partial charge in [0.2, 0.25) is 5.91 Å². The second kappa shape index (κ2) is 12.9. The van der Waals surface area contributed by atoms with Crippen molar-refractivity contribution in [3.05, 3.63) is 59.6 Å². The van der Waals surface area contributed by atoms with Crippen molar-refractivity contribution in [3.63, 3.8) is 0 Å². The van der Waals surface area contributed by atoms with E-state index in [0.29, 0.717) is 36.1 Å². The van der Waals surface area contributed by atoms with Crippen LogP contribution in [0.4, 0.5) is 14.6 Å². The number of hydrogen-bond donors (Lipinski definition) is 0. The van der Waals surface area contributed by atoms with E-state index in [4.69, 9.17) is 19.6 Å². The molecule has 1 unspecified atom stereocenters. The van der Waals surface area contributed by atoms with Crippen molar-refractivity contribution in [1.29, 1.82) is 0 Å². The summed E-state index contributed by atoms with van der Waals surface area (Å²) in [6, 6.07) is 6.21. The largest absolute Gasteiger partial charge is 0.490 e. The predicted octanol–water partition coefficient (Wildman–Crippen LogP) is 5.75. The van der Waals surface area contributed by atoms with Crippen molar-refractivity contribution >= 4 is 33.1 Å². The van der Waals surface area contributed by atoms with Gasteiger partial charge < -0.3 is 19.3 Å². The Bertz CT molecular complexity index is 1730. The summed E-state index contributed by atoms with van der Waals surface area (Å²) in [5.41, 5.74) is 2.49. The lowest BCUT2D eigenvalue weighted by Crippen LogP contribution is -2.49. The summed E-state index contributed by atoms with van der Waals surface area (Å²) in [5, 5.41) is 7.82. The summed E-state index contributed by atoms with van der Waals surface area (Å²) >= 11 is 1.48. The number of piperazine rings is 1. The number of aromatic nitrogens is 3. The third-order valence-electron chi connectivity index (χ3n) is 8.71. The summed E-state index contributed by atoms with van der Waals surface area (Å²) in [6.45, 7) is 14.7. The van der Waals surface area contributed by atoms with Crippen LogP contribution in [0.3, 0.4) is 0 Å². The number of thiophene rings is 1.